The molecule has 88 valence electrons. The predicted molar refractivity (Wildman–Crippen MR) is 65.0 cm³/mol. The molecule has 0 aromatic carbocycles. The first kappa shape index (κ1) is 11.6. The number of hydrogen-bond acceptors (Lipinski definition) is 3. The molecular weight excluding hydrogens is 222 g/mol. The zero-order valence-electron chi connectivity index (χ0n) is 10.1. The van der Waals surface area contributed by atoms with Crippen LogP contribution >= 0.6 is 11.8 Å². The number of fused-ring (bicyclic) bond motifs is 1. The van der Waals surface area contributed by atoms with E-state index < -0.39 is 0 Å². The number of rotatable bonds is 2. The molecule has 0 radical (unpaired) electrons. The molecule has 1 N–H and O–H groups in total. The minimum absolute atomic E-state index is 0.109. The quantitative estimate of drug-likeness (QED) is 0.807. The normalized spacial score (nSPS) is 23.2. The second-order valence-corrected chi connectivity index (χ2v) is 5.56. The number of aromatic nitrogens is 1. The van der Waals surface area contributed by atoms with Crippen molar-refractivity contribution in [1.82, 2.24) is 4.98 Å². The number of carbonyl (C=O) groups excluding carboxylic acids is 1. The molecule has 3 nitrogen and oxygen atoms in total. The smallest absolute Gasteiger partial charge is 0.316 e. The molecule has 0 amide bonds. The van der Waals surface area contributed by atoms with Crippen molar-refractivity contribution in [1.29, 1.82) is 0 Å². The lowest BCUT2D eigenvalue weighted by Crippen LogP contribution is -2.21. The Labute approximate surface area is 100.0 Å². The van der Waals surface area contributed by atoms with Gasteiger partial charge in [-0.05, 0) is 26.3 Å². The summed E-state index contributed by atoms with van der Waals surface area (Å²) in [5.41, 5.74) is 3.46. The average Bonchev–Trinajstić information content (AvgIpc) is 2.66. The SMILES string of the molecule is CCOC(=O)C1c2[nH]c(C)c(C)c2SC1C. The molecule has 0 saturated heterocycles. The fourth-order valence-electron chi connectivity index (χ4n) is 2.13. The molecule has 1 aliphatic heterocycles. The van der Waals surface area contributed by atoms with Crippen LogP contribution < -0.4 is 0 Å². The predicted octanol–water partition coefficient (Wildman–Crippen LogP) is 2.77. The molecule has 2 heterocycles. The third-order valence-electron chi connectivity index (χ3n) is 3.09. The molecule has 0 spiro atoms. The zero-order chi connectivity index (χ0) is 11.9. The zero-order valence-corrected chi connectivity index (χ0v) is 10.9. The minimum Gasteiger partial charge on any atom is -0.465 e. The van der Waals surface area contributed by atoms with E-state index in [1.54, 1.807) is 11.8 Å². The molecule has 1 aromatic heterocycles. The fraction of sp³-hybridized carbons (Fsp3) is 0.583. The van der Waals surface area contributed by atoms with Gasteiger partial charge in [0.05, 0.1) is 6.61 Å². The van der Waals surface area contributed by atoms with Crippen LogP contribution in [0.5, 0.6) is 0 Å². The van der Waals surface area contributed by atoms with E-state index in [0.29, 0.717) is 6.61 Å². The van der Waals surface area contributed by atoms with Gasteiger partial charge < -0.3 is 9.72 Å². The van der Waals surface area contributed by atoms with E-state index in [1.807, 2.05) is 13.8 Å². The fourth-order valence-corrected chi connectivity index (χ4v) is 3.52. The molecule has 16 heavy (non-hydrogen) atoms. The molecule has 2 rings (SSSR count). The summed E-state index contributed by atoms with van der Waals surface area (Å²) < 4.78 is 5.13. The van der Waals surface area contributed by atoms with Crippen molar-refractivity contribution < 1.29 is 9.53 Å². The molecule has 1 aromatic rings. The lowest BCUT2D eigenvalue weighted by atomic mass is 10.0. The molecule has 0 aliphatic carbocycles. The number of aromatic amines is 1. The van der Waals surface area contributed by atoms with Crippen LogP contribution in [-0.4, -0.2) is 22.8 Å². The van der Waals surface area contributed by atoms with Gasteiger partial charge in [0.1, 0.15) is 5.92 Å². The Morgan fingerprint density at radius 1 is 1.50 bits per heavy atom. The molecule has 0 bridgehead atoms. The third kappa shape index (κ3) is 1.65. The summed E-state index contributed by atoms with van der Waals surface area (Å²) in [7, 11) is 0. The number of ether oxygens (including phenoxy) is 1. The van der Waals surface area contributed by atoms with Crippen molar-refractivity contribution in [3.8, 4) is 0 Å². The molecule has 1 aliphatic rings. The van der Waals surface area contributed by atoms with Crippen molar-refractivity contribution in [2.45, 2.75) is 43.8 Å². The van der Waals surface area contributed by atoms with Crippen molar-refractivity contribution in [2.24, 2.45) is 0 Å². The Kier molecular flexibility index (Phi) is 3.02. The molecule has 4 heteroatoms. The van der Waals surface area contributed by atoms with Crippen molar-refractivity contribution in [3.05, 3.63) is 17.0 Å². The molecule has 2 atom stereocenters. The van der Waals surface area contributed by atoms with Gasteiger partial charge in [0.2, 0.25) is 0 Å². The monoisotopic (exact) mass is 239 g/mol. The van der Waals surface area contributed by atoms with E-state index in [2.05, 4.69) is 18.8 Å². The standard InChI is InChI=1S/C12H17NO2S/c1-5-15-12(14)9-8(4)16-11-6(2)7(3)13-10(9)11/h8-9,13H,5H2,1-4H3. The van der Waals surface area contributed by atoms with Crippen LogP contribution in [0, 0.1) is 13.8 Å². The summed E-state index contributed by atoms with van der Waals surface area (Å²) in [6.07, 6.45) is 0. The summed E-state index contributed by atoms with van der Waals surface area (Å²) in [6, 6.07) is 0. The van der Waals surface area contributed by atoms with Crippen molar-refractivity contribution in [3.63, 3.8) is 0 Å². The maximum Gasteiger partial charge on any atom is 0.316 e. The van der Waals surface area contributed by atoms with E-state index in [-0.39, 0.29) is 17.1 Å². The average molecular weight is 239 g/mol. The first-order valence-electron chi connectivity index (χ1n) is 5.58. The highest BCUT2D eigenvalue weighted by Gasteiger charge is 2.39. The third-order valence-corrected chi connectivity index (χ3v) is 4.50. The first-order valence-corrected chi connectivity index (χ1v) is 6.46. The second-order valence-electron chi connectivity index (χ2n) is 4.17. The number of carbonyl (C=O) groups is 1. The lowest BCUT2D eigenvalue weighted by Gasteiger charge is -2.13. The Hall–Kier alpha value is -0.900. The van der Waals surface area contributed by atoms with E-state index in [9.17, 15) is 4.79 Å². The van der Waals surface area contributed by atoms with Gasteiger partial charge in [-0.1, -0.05) is 6.92 Å². The highest BCUT2D eigenvalue weighted by Crippen LogP contribution is 2.47. The van der Waals surface area contributed by atoms with Gasteiger partial charge in [0, 0.05) is 21.5 Å². The first-order chi connectivity index (χ1) is 7.56. The summed E-state index contributed by atoms with van der Waals surface area (Å²) in [5, 5.41) is 0.264. The number of hydrogen-bond donors (Lipinski definition) is 1. The van der Waals surface area contributed by atoms with Crippen LogP contribution in [-0.2, 0) is 9.53 Å². The van der Waals surface area contributed by atoms with E-state index in [1.165, 1.54) is 10.5 Å². The summed E-state index contributed by atoms with van der Waals surface area (Å²) >= 11 is 1.77. The van der Waals surface area contributed by atoms with Gasteiger partial charge in [-0.25, -0.2) is 0 Å². The lowest BCUT2D eigenvalue weighted by molar-refractivity contribution is -0.144. The van der Waals surface area contributed by atoms with Crippen LogP contribution in [0.15, 0.2) is 4.90 Å². The van der Waals surface area contributed by atoms with Crippen LogP contribution in [0.2, 0.25) is 0 Å². The summed E-state index contributed by atoms with van der Waals surface area (Å²) in [5.74, 6) is -0.241. The van der Waals surface area contributed by atoms with Crippen molar-refractivity contribution in [2.75, 3.05) is 6.61 Å². The minimum atomic E-state index is -0.132. The molecule has 2 unspecified atom stereocenters. The van der Waals surface area contributed by atoms with Crippen molar-refractivity contribution >= 4 is 17.7 Å². The number of esters is 1. The maximum atomic E-state index is 11.9. The van der Waals surface area contributed by atoms with Gasteiger partial charge in [-0.3, -0.25) is 4.79 Å². The highest BCUT2D eigenvalue weighted by molar-refractivity contribution is 8.00. The molecule has 0 saturated carbocycles. The van der Waals surface area contributed by atoms with Gasteiger partial charge in [-0.15, -0.1) is 11.8 Å². The van der Waals surface area contributed by atoms with Gasteiger partial charge in [0.25, 0.3) is 0 Å². The van der Waals surface area contributed by atoms with Crippen LogP contribution in [0.25, 0.3) is 0 Å². The van der Waals surface area contributed by atoms with Crippen LogP contribution in [0.4, 0.5) is 0 Å². The van der Waals surface area contributed by atoms with E-state index >= 15 is 0 Å². The Morgan fingerprint density at radius 2 is 2.19 bits per heavy atom. The number of H-pyrrole nitrogens is 1. The Morgan fingerprint density at radius 3 is 2.81 bits per heavy atom. The van der Waals surface area contributed by atoms with Gasteiger partial charge >= 0.3 is 5.97 Å². The Balaban J connectivity index is 2.35. The summed E-state index contributed by atoms with van der Waals surface area (Å²) in [6.45, 7) is 8.51. The number of aryl methyl sites for hydroxylation is 1. The topological polar surface area (TPSA) is 42.1 Å². The number of thioether (sulfide) groups is 1. The van der Waals surface area contributed by atoms with Crippen LogP contribution in [0.3, 0.4) is 0 Å². The van der Waals surface area contributed by atoms with E-state index in [4.69, 9.17) is 4.74 Å². The molecular formula is C12H17NO2S. The summed E-state index contributed by atoms with van der Waals surface area (Å²) in [4.78, 5) is 16.4. The van der Waals surface area contributed by atoms with Gasteiger partial charge in [-0.2, -0.15) is 0 Å². The Bertz CT molecular complexity index is 425. The van der Waals surface area contributed by atoms with E-state index in [0.717, 1.165) is 11.4 Å². The largest absolute Gasteiger partial charge is 0.465 e. The molecule has 0 fully saturated rings. The number of nitrogens with one attached hydrogen (secondary N) is 1. The van der Waals surface area contributed by atoms with Gasteiger partial charge in [0.15, 0.2) is 0 Å². The maximum absolute atomic E-state index is 11.9. The highest BCUT2D eigenvalue weighted by atomic mass is 32.2. The van der Waals surface area contributed by atoms with Crippen LogP contribution in [0.1, 0.15) is 36.7 Å². The second kappa shape index (κ2) is 4.17.